The summed E-state index contributed by atoms with van der Waals surface area (Å²) in [7, 11) is 0. The van der Waals surface area contributed by atoms with Crippen LogP contribution in [0.4, 0.5) is 0 Å². The van der Waals surface area contributed by atoms with E-state index in [2.05, 4.69) is 41.6 Å². The number of pyridine rings is 1. The summed E-state index contributed by atoms with van der Waals surface area (Å²) in [6, 6.07) is 8.41. The van der Waals surface area contributed by atoms with Gasteiger partial charge in [-0.15, -0.1) is 0 Å². The lowest BCUT2D eigenvalue weighted by Crippen LogP contribution is -2.29. The fraction of sp³-hybridized carbons (Fsp3) is 0.478. The number of aromatic carboxylic acids is 1. The Balaban J connectivity index is 0.000000735. The van der Waals surface area contributed by atoms with Crippen molar-refractivity contribution >= 4 is 33.5 Å². The fourth-order valence-electron chi connectivity index (χ4n) is 3.24. The topological polar surface area (TPSA) is 62.5 Å². The minimum absolute atomic E-state index is 0.189. The number of carboxylic acids is 1. The average Bonchev–Trinajstić information content (AvgIpc) is 3.19. The van der Waals surface area contributed by atoms with E-state index in [0.717, 1.165) is 34.7 Å². The molecule has 0 unspecified atom stereocenters. The van der Waals surface area contributed by atoms with E-state index in [-0.39, 0.29) is 16.1 Å². The van der Waals surface area contributed by atoms with Crippen molar-refractivity contribution in [3.63, 3.8) is 0 Å². The molecule has 1 aliphatic heterocycles. The third-order valence-corrected chi connectivity index (χ3v) is 5.66. The lowest BCUT2D eigenvalue weighted by molar-refractivity contribution is 0.0697. The molecule has 1 aromatic carbocycles. The first-order valence-corrected chi connectivity index (χ1v) is 11.5. The van der Waals surface area contributed by atoms with Crippen molar-refractivity contribution in [1.29, 1.82) is 0 Å². The molecule has 1 saturated heterocycles. The quantitative estimate of drug-likeness (QED) is 0.575. The number of hydrogen-bond acceptors (Lipinski definition) is 3. The van der Waals surface area contributed by atoms with Gasteiger partial charge in [-0.1, -0.05) is 44.5 Å². The van der Waals surface area contributed by atoms with Gasteiger partial charge in [-0.25, -0.2) is 4.79 Å². The van der Waals surface area contributed by atoms with Crippen LogP contribution in [0.1, 0.15) is 55.2 Å². The van der Waals surface area contributed by atoms with E-state index in [1.54, 1.807) is 34.9 Å². The Morgan fingerprint density at radius 2 is 1.73 bits per heavy atom. The number of likely N-dealkylation sites (tertiary alicyclic amines) is 1. The maximum absolute atomic E-state index is 12.6. The van der Waals surface area contributed by atoms with Crippen LogP contribution in [-0.2, 0) is 19.5 Å². The largest absolute Gasteiger partial charge is 0.478 e. The molecule has 1 aliphatic rings. The first kappa shape index (κ1) is 24.6. The minimum atomic E-state index is -0.945. The summed E-state index contributed by atoms with van der Waals surface area (Å²) < 4.78 is 2.57. The Morgan fingerprint density at radius 3 is 2.27 bits per heavy atom. The number of rotatable bonds is 6. The zero-order valence-corrected chi connectivity index (χ0v) is 20.2. The van der Waals surface area contributed by atoms with Gasteiger partial charge in [0.05, 0.1) is 5.56 Å². The van der Waals surface area contributed by atoms with Crippen molar-refractivity contribution in [3.8, 4) is 0 Å². The number of aromatic nitrogens is 1. The monoisotopic (exact) mass is 496 g/mol. The minimum Gasteiger partial charge on any atom is -0.478 e. The van der Waals surface area contributed by atoms with E-state index in [0.29, 0.717) is 19.5 Å². The van der Waals surface area contributed by atoms with E-state index in [4.69, 9.17) is 16.7 Å². The second kappa shape index (κ2) is 11.7. The third kappa shape index (κ3) is 7.25. The van der Waals surface area contributed by atoms with Crippen molar-refractivity contribution < 1.29 is 9.90 Å². The number of carboxylic acid groups (broad SMARTS) is 1. The molecule has 164 valence electrons. The van der Waals surface area contributed by atoms with Crippen molar-refractivity contribution in [2.45, 2.75) is 53.1 Å². The molecule has 0 saturated carbocycles. The van der Waals surface area contributed by atoms with Crippen LogP contribution in [-0.4, -0.2) is 33.6 Å². The Kier molecular flexibility index (Phi) is 9.59. The summed E-state index contributed by atoms with van der Waals surface area (Å²) >= 11 is 9.66. The summed E-state index contributed by atoms with van der Waals surface area (Å²) in [5.41, 5.74) is 1.98. The second-order valence-corrected chi connectivity index (χ2v) is 9.47. The molecule has 3 rings (SSSR count). The number of carbonyl (C=O) groups is 1. The van der Waals surface area contributed by atoms with E-state index >= 15 is 0 Å². The van der Waals surface area contributed by atoms with Crippen LogP contribution < -0.4 is 5.56 Å². The van der Waals surface area contributed by atoms with Crippen LogP contribution in [0.3, 0.4) is 0 Å². The summed E-state index contributed by atoms with van der Waals surface area (Å²) in [5.74, 6) is -0.112. The molecule has 0 amide bonds. The number of halogens is 2. The first-order valence-electron chi connectivity index (χ1n) is 10.3. The maximum Gasteiger partial charge on any atom is 0.335 e. The molecule has 1 fully saturated rings. The Bertz CT molecular complexity index is 901. The molecular formula is C23H30BrClN2O3. The summed E-state index contributed by atoms with van der Waals surface area (Å²) in [6.45, 7) is 9.79. The molecule has 0 aliphatic carbocycles. The molecule has 30 heavy (non-hydrogen) atoms. The molecule has 2 heterocycles. The molecule has 2 aromatic rings. The van der Waals surface area contributed by atoms with Crippen molar-refractivity contribution in [3.05, 3.63) is 67.0 Å². The lowest BCUT2D eigenvalue weighted by Gasteiger charge is -2.20. The van der Waals surface area contributed by atoms with Crippen molar-refractivity contribution in [1.82, 2.24) is 9.47 Å². The summed E-state index contributed by atoms with van der Waals surface area (Å²) in [6.07, 6.45) is 3.00. The first-order chi connectivity index (χ1) is 14.2. The predicted octanol–water partition coefficient (Wildman–Crippen LogP) is 5.46. The smallest absolute Gasteiger partial charge is 0.335 e. The average molecular weight is 498 g/mol. The van der Waals surface area contributed by atoms with Gasteiger partial charge in [0, 0.05) is 23.3 Å². The highest BCUT2D eigenvalue weighted by Gasteiger charge is 2.18. The fourth-order valence-corrected chi connectivity index (χ4v) is 4.15. The van der Waals surface area contributed by atoms with Crippen LogP contribution in [0.2, 0.25) is 5.02 Å². The second-order valence-electron chi connectivity index (χ2n) is 8.21. The molecule has 0 atom stereocenters. The zero-order chi connectivity index (χ0) is 22.3. The number of hydrogen-bond donors (Lipinski definition) is 1. The Hall–Kier alpha value is -1.63. The number of aryl methyl sites for hydroxylation is 1. The molecule has 5 nitrogen and oxygen atoms in total. The molecule has 1 N–H and O–H groups in total. The van der Waals surface area contributed by atoms with Gasteiger partial charge in [0.2, 0.25) is 0 Å². The van der Waals surface area contributed by atoms with Gasteiger partial charge in [0.15, 0.2) is 0 Å². The normalized spacial score (nSPS) is 13.9. The number of nitrogens with zero attached hydrogens (tertiary/aromatic N) is 2. The third-order valence-electron chi connectivity index (χ3n) is 4.70. The number of benzene rings is 1. The standard InChI is InChI=1S/C19H20BrClN2O3.C4H10/c20-15-11-16(21)18(24)23(17(15)12-22-8-1-2-9-22)10-7-13-3-5-14(6-4-13)19(25)26;1-4(2)3/h3-6,11H,1-2,7-10,12H2,(H,25,26);4H,1-3H3. The molecule has 1 aromatic heterocycles. The van der Waals surface area contributed by atoms with Gasteiger partial charge in [-0.3, -0.25) is 9.69 Å². The van der Waals surface area contributed by atoms with Gasteiger partial charge < -0.3 is 9.67 Å². The lowest BCUT2D eigenvalue weighted by atomic mass is 10.1. The summed E-state index contributed by atoms with van der Waals surface area (Å²) in [5, 5.41) is 9.18. The molecular weight excluding hydrogens is 468 g/mol. The van der Waals surface area contributed by atoms with Crippen LogP contribution in [0.15, 0.2) is 39.6 Å². The van der Waals surface area contributed by atoms with E-state index in [1.165, 1.54) is 12.8 Å². The molecule has 0 radical (unpaired) electrons. The van der Waals surface area contributed by atoms with Crippen molar-refractivity contribution in [2.75, 3.05) is 13.1 Å². The molecule has 0 bridgehead atoms. The van der Waals surface area contributed by atoms with Gasteiger partial charge in [-0.05, 0) is 78.0 Å². The van der Waals surface area contributed by atoms with Crippen LogP contribution in [0.25, 0.3) is 0 Å². The predicted molar refractivity (Wildman–Crippen MR) is 126 cm³/mol. The SMILES string of the molecule is CC(C)C.O=C(O)c1ccc(CCn2c(CN3CCCC3)c(Br)cc(Cl)c2=O)cc1. The van der Waals surface area contributed by atoms with Gasteiger partial charge >= 0.3 is 5.97 Å². The zero-order valence-electron chi connectivity index (χ0n) is 17.8. The maximum atomic E-state index is 12.6. The highest BCUT2D eigenvalue weighted by Crippen LogP contribution is 2.22. The Morgan fingerprint density at radius 1 is 1.17 bits per heavy atom. The summed E-state index contributed by atoms with van der Waals surface area (Å²) in [4.78, 5) is 25.9. The Labute approximate surface area is 191 Å². The van der Waals surface area contributed by atoms with Gasteiger partial charge in [0.1, 0.15) is 5.02 Å². The molecule has 7 heteroatoms. The van der Waals surface area contributed by atoms with Crippen LogP contribution >= 0.6 is 27.5 Å². The van der Waals surface area contributed by atoms with Crippen LogP contribution in [0, 0.1) is 5.92 Å². The highest BCUT2D eigenvalue weighted by molar-refractivity contribution is 9.10. The van der Waals surface area contributed by atoms with E-state index in [9.17, 15) is 9.59 Å². The van der Waals surface area contributed by atoms with Gasteiger partial charge in [0.25, 0.3) is 5.56 Å². The molecule has 0 spiro atoms. The van der Waals surface area contributed by atoms with E-state index < -0.39 is 5.97 Å². The van der Waals surface area contributed by atoms with Crippen molar-refractivity contribution in [2.24, 2.45) is 5.92 Å². The van der Waals surface area contributed by atoms with Crippen LogP contribution in [0.5, 0.6) is 0 Å². The van der Waals surface area contributed by atoms with E-state index in [1.807, 2.05) is 0 Å². The highest BCUT2D eigenvalue weighted by atomic mass is 79.9. The van der Waals surface area contributed by atoms with Gasteiger partial charge in [-0.2, -0.15) is 0 Å².